The maximum absolute atomic E-state index is 13.8. The van der Waals surface area contributed by atoms with Crippen molar-refractivity contribution in [2.45, 2.75) is 36.3 Å². The minimum absolute atomic E-state index is 0.182. The lowest BCUT2D eigenvalue weighted by Gasteiger charge is -2.41. The Hall–Kier alpha value is -1.30. The molecule has 2 aromatic carbocycles. The van der Waals surface area contributed by atoms with Crippen LogP contribution in [0.15, 0.2) is 51.8 Å². The molecule has 2 aliphatic heterocycles. The van der Waals surface area contributed by atoms with E-state index in [9.17, 15) is 4.79 Å². The van der Waals surface area contributed by atoms with Crippen molar-refractivity contribution in [3.63, 3.8) is 0 Å². The van der Waals surface area contributed by atoms with Crippen LogP contribution in [0.2, 0.25) is 0 Å². The van der Waals surface area contributed by atoms with E-state index in [0.717, 1.165) is 34.6 Å². The van der Waals surface area contributed by atoms with E-state index in [1.165, 1.54) is 12.8 Å². The minimum atomic E-state index is -0.625. The van der Waals surface area contributed by atoms with Crippen molar-refractivity contribution >= 4 is 33.5 Å². The number of Topliss-reactive ketones (excluding diaryl/α,β-unsaturated/α-hetero) is 1. The van der Waals surface area contributed by atoms with E-state index in [2.05, 4.69) is 39.9 Å². The van der Waals surface area contributed by atoms with Crippen molar-refractivity contribution in [2.75, 3.05) is 26.2 Å². The second kappa shape index (κ2) is 8.21. The van der Waals surface area contributed by atoms with Gasteiger partial charge in [0.15, 0.2) is 5.78 Å². The summed E-state index contributed by atoms with van der Waals surface area (Å²) in [4.78, 5) is 17.4. The van der Waals surface area contributed by atoms with Gasteiger partial charge >= 0.3 is 0 Å². The molecule has 28 heavy (non-hydrogen) atoms. The second-order valence-corrected chi connectivity index (χ2v) is 10.4. The van der Waals surface area contributed by atoms with Gasteiger partial charge in [-0.2, -0.15) is 0 Å². The molecule has 0 spiro atoms. The topological polar surface area (TPSA) is 29.5 Å². The molecule has 4 rings (SSSR count). The summed E-state index contributed by atoms with van der Waals surface area (Å²) in [7, 11) is 0. The number of fused-ring (bicyclic) bond motifs is 1. The van der Waals surface area contributed by atoms with E-state index in [4.69, 9.17) is 4.74 Å². The summed E-state index contributed by atoms with van der Waals surface area (Å²) in [6.07, 6.45) is 2.47. The summed E-state index contributed by atoms with van der Waals surface area (Å²) < 4.78 is 6.53. The van der Waals surface area contributed by atoms with Gasteiger partial charge in [-0.15, -0.1) is 11.8 Å². The van der Waals surface area contributed by atoms with E-state index in [-0.39, 0.29) is 5.78 Å². The van der Waals surface area contributed by atoms with Gasteiger partial charge in [-0.1, -0.05) is 41.1 Å². The fraction of sp³-hybridized carbons (Fsp3) is 0.435. The molecule has 0 saturated carbocycles. The van der Waals surface area contributed by atoms with Crippen LogP contribution in [0, 0.1) is 12.8 Å². The number of piperidine rings is 1. The van der Waals surface area contributed by atoms with Gasteiger partial charge in [0, 0.05) is 22.5 Å². The average Bonchev–Trinajstić information content (AvgIpc) is 2.68. The third-order valence-corrected chi connectivity index (χ3v) is 7.84. The highest BCUT2D eigenvalue weighted by Gasteiger charge is 2.47. The van der Waals surface area contributed by atoms with Gasteiger partial charge < -0.3 is 9.64 Å². The van der Waals surface area contributed by atoms with Gasteiger partial charge in [-0.05, 0) is 62.1 Å². The number of nitrogens with zero attached hydrogens (tertiary/aromatic N) is 1. The molecule has 1 fully saturated rings. The lowest BCUT2D eigenvalue weighted by atomic mass is 9.91. The molecule has 0 bridgehead atoms. The van der Waals surface area contributed by atoms with Gasteiger partial charge in [0.05, 0.1) is 5.56 Å². The monoisotopic (exact) mass is 459 g/mol. The maximum Gasteiger partial charge on any atom is 0.187 e. The molecule has 2 atom stereocenters. The van der Waals surface area contributed by atoms with E-state index in [1.54, 1.807) is 11.8 Å². The first-order valence-electron chi connectivity index (χ1n) is 9.91. The molecule has 148 valence electrons. The summed E-state index contributed by atoms with van der Waals surface area (Å²) in [6, 6.07) is 14.1. The zero-order valence-corrected chi connectivity index (χ0v) is 18.8. The first-order valence-corrected chi connectivity index (χ1v) is 11.5. The number of ether oxygens (including phenoxy) is 1. The molecule has 2 aromatic rings. The fourth-order valence-corrected chi connectivity index (χ4v) is 5.84. The zero-order chi connectivity index (χ0) is 19.7. The molecule has 0 amide bonds. The Morgan fingerprint density at radius 2 is 2.07 bits per heavy atom. The predicted molar refractivity (Wildman–Crippen MR) is 119 cm³/mol. The van der Waals surface area contributed by atoms with Crippen LogP contribution in [-0.4, -0.2) is 41.7 Å². The summed E-state index contributed by atoms with van der Waals surface area (Å²) >= 11 is 5.24. The number of hydrogen-bond acceptors (Lipinski definition) is 4. The molecular formula is C23H26BrNO2S. The van der Waals surface area contributed by atoms with Crippen LogP contribution in [0.1, 0.15) is 35.7 Å². The largest absolute Gasteiger partial charge is 0.491 e. The van der Waals surface area contributed by atoms with Crippen molar-refractivity contribution in [3.05, 3.63) is 58.1 Å². The lowest BCUT2D eigenvalue weighted by molar-refractivity contribution is 0.0786. The zero-order valence-electron chi connectivity index (χ0n) is 16.4. The number of likely N-dealkylation sites (tertiary alicyclic amines) is 1. The Morgan fingerprint density at radius 1 is 1.29 bits per heavy atom. The van der Waals surface area contributed by atoms with E-state index in [0.29, 0.717) is 23.8 Å². The Kier molecular flexibility index (Phi) is 5.86. The van der Waals surface area contributed by atoms with Crippen molar-refractivity contribution in [1.29, 1.82) is 0 Å². The van der Waals surface area contributed by atoms with Crippen molar-refractivity contribution in [3.8, 4) is 5.75 Å². The number of ketones is 1. The van der Waals surface area contributed by atoms with Crippen LogP contribution >= 0.6 is 27.7 Å². The summed E-state index contributed by atoms with van der Waals surface area (Å²) in [5.41, 5.74) is 1.77. The number of benzene rings is 2. The summed E-state index contributed by atoms with van der Waals surface area (Å²) in [5, 5.41) is 0. The number of carbonyl (C=O) groups excluding carboxylic acids is 1. The van der Waals surface area contributed by atoms with Crippen LogP contribution in [0.3, 0.4) is 0 Å². The Morgan fingerprint density at radius 3 is 2.82 bits per heavy atom. The number of aryl methyl sites for hydroxylation is 1. The van der Waals surface area contributed by atoms with Crippen molar-refractivity contribution in [2.24, 2.45) is 5.92 Å². The molecule has 0 unspecified atom stereocenters. The number of carbonyl (C=O) groups is 1. The van der Waals surface area contributed by atoms with Crippen LogP contribution in [0.4, 0.5) is 0 Å². The molecule has 0 aliphatic carbocycles. The van der Waals surface area contributed by atoms with E-state index in [1.807, 2.05) is 37.3 Å². The Balaban J connectivity index is 1.70. The SMILES string of the molecule is Cc1cc2c(cc1Br)C(=O)[C@@](CN1CCC[C@@H](C)C1)(Sc1ccccc1)CO2. The number of halogens is 1. The van der Waals surface area contributed by atoms with Crippen LogP contribution in [-0.2, 0) is 0 Å². The quantitative estimate of drug-likeness (QED) is 0.595. The first kappa shape index (κ1) is 20.0. The number of hydrogen-bond donors (Lipinski definition) is 0. The standard InChI is InChI=1S/C23H26BrNO2S/c1-16-7-6-10-25(13-16)14-23(28-18-8-4-3-5-9-18)15-27-21-11-17(2)20(24)12-19(21)22(23)26/h3-5,8-9,11-12,16H,6-7,10,13-15H2,1-2H3/t16-,23+/m1/s1. The first-order chi connectivity index (χ1) is 13.5. The van der Waals surface area contributed by atoms with Gasteiger partial charge in [-0.3, -0.25) is 4.79 Å². The molecule has 5 heteroatoms. The van der Waals surface area contributed by atoms with Crippen LogP contribution < -0.4 is 4.74 Å². The molecule has 2 aliphatic rings. The minimum Gasteiger partial charge on any atom is -0.491 e. The third kappa shape index (κ3) is 4.03. The van der Waals surface area contributed by atoms with Gasteiger partial charge in [0.2, 0.25) is 0 Å². The molecular weight excluding hydrogens is 434 g/mol. The summed E-state index contributed by atoms with van der Waals surface area (Å²) in [6.45, 7) is 7.56. The third-order valence-electron chi connectivity index (χ3n) is 5.66. The molecule has 0 N–H and O–H groups in total. The maximum atomic E-state index is 13.8. The highest BCUT2D eigenvalue weighted by Crippen LogP contribution is 2.43. The van der Waals surface area contributed by atoms with Crippen LogP contribution in [0.5, 0.6) is 5.75 Å². The highest BCUT2D eigenvalue weighted by molar-refractivity contribution is 9.10. The van der Waals surface area contributed by atoms with Gasteiger partial charge in [0.1, 0.15) is 17.1 Å². The second-order valence-electron chi connectivity index (χ2n) is 8.11. The molecule has 0 radical (unpaired) electrons. The molecule has 3 nitrogen and oxygen atoms in total. The molecule has 1 saturated heterocycles. The Bertz CT molecular complexity index is 872. The molecule has 2 heterocycles. The number of thioether (sulfide) groups is 1. The van der Waals surface area contributed by atoms with E-state index < -0.39 is 4.75 Å². The smallest absolute Gasteiger partial charge is 0.187 e. The number of rotatable bonds is 4. The van der Waals surface area contributed by atoms with Gasteiger partial charge in [-0.25, -0.2) is 0 Å². The van der Waals surface area contributed by atoms with Crippen molar-refractivity contribution < 1.29 is 9.53 Å². The van der Waals surface area contributed by atoms with Crippen molar-refractivity contribution in [1.82, 2.24) is 4.90 Å². The summed E-state index contributed by atoms with van der Waals surface area (Å²) in [5.74, 6) is 1.57. The molecule has 0 aromatic heterocycles. The predicted octanol–water partition coefficient (Wildman–Crippen LogP) is 5.60. The van der Waals surface area contributed by atoms with Crippen LogP contribution in [0.25, 0.3) is 0 Å². The van der Waals surface area contributed by atoms with Gasteiger partial charge in [0.25, 0.3) is 0 Å². The average molecular weight is 460 g/mol. The normalized spacial score (nSPS) is 25.2. The lowest BCUT2D eigenvalue weighted by Crippen LogP contribution is -2.54. The fourth-order valence-electron chi connectivity index (χ4n) is 4.19. The Labute approximate surface area is 180 Å². The highest BCUT2D eigenvalue weighted by atomic mass is 79.9. The van der Waals surface area contributed by atoms with E-state index >= 15 is 0 Å².